The molecule has 0 aromatic heterocycles. The van der Waals surface area contributed by atoms with Gasteiger partial charge >= 0.3 is 0 Å². The molecular formula is C20H45N7O2. The summed E-state index contributed by atoms with van der Waals surface area (Å²) in [5, 5.41) is 15.9. The minimum Gasteiger partial charge on any atom is -0.359 e. The van der Waals surface area contributed by atoms with Gasteiger partial charge in [0, 0.05) is 59.2 Å². The lowest BCUT2D eigenvalue weighted by Gasteiger charge is -2.35. The Morgan fingerprint density at radius 3 is 2.10 bits per heavy atom. The van der Waals surface area contributed by atoms with Gasteiger partial charge in [0.25, 0.3) is 0 Å². The monoisotopic (exact) mass is 415 g/mol. The van der Waals surface area contributed by atoms with Crippen LogP contribution in [-0.2, 0) is 9.59 Å². The van der Waals surface area contributed by atoms with Crippen LogP contribution in [0.2, 0.25) is 0 Å². The fourth-order valence-electron chi connectivity index (χ4n) is 2.97. The van der Waals surface area contributed by atoms with Crippen molar-refractivity contribution in [1.29, 1.82) is 0 Å². The standard InChI is InChI=1S/C20H45N7O2/c1-4-17(22)26-14-13-25-16-20(5-2,15-24-12-11-21)27-19(29)10-8-6-7-9-18(28)23-3/h17,24-26H,4-16,21-22H2,1-3H3,(H,23,28)(H,27,29). The highest BCUT2D eigenvalue weighted by molar-refractivity contribution is 5.77. The molecule has 9 N–H and O–H groups in total. The van der Waals surface area contributed by atoms with Gasteiger partial charge in [0.15, 0.2) is 0 Å². The third kappa shape index (κ3) is 14.4. The van der Waals surface area contributed by atoms with Crippen LogP contribution in [0.4, 0.5) is 0 Å². The van der Waals surface area contributed by atoms with E-state index in [1.165, 1.54) is 0 Å². The Hall–Kier alpha value is -1.26. The van der Waals surface area contributed by atoms with Gasteiger partial charge in [0.2, 0.25) is 11.8 Å². The number of carbonyl (C=O) groups excluding carboxylic acids is 2. The molecular weight excluding hydrogens is 370 g/mol. The van der Waals surface area contributed by atoms with Crippen molar-refractivity contribution in [2.45, 2.75) is 70.5 Å². The van der Waals surface area contributed by atoms with Gasteiger partial charge in [-0.1, -0.05) is 20.3 Å². The summed E-state index contributed by atoms with van der Waals surface area (Å²) >= 11 is 0. The van der Waals surface area contributed by atoms with Gasteiger partial charge in [0.1, 0.15) is 0 Å². The Kier molecular flexibility index (Phi) is 16.8. The molecule has 172 valence electrons. The molecule has 2 amide bonds. The molecule has 0 saturated carbocycles. The Morgan fingerprint density at radius 2 is 1.55 bits per heavy atom. The highest BCUT2D eigenvalue weighted by Gasteiger charge is 2.29. The summed E-state index contributed by atoms with van der Waals surface area (Å²) in [5.41, 5.74) is 11.1. The van der Waals surface area contributed by atoms with Gasteiger partial charge in [-0.3, -0.25) is 9.59 Å². The van der Waals surface area contributed by atoms with Gasteiger partial charge in [0.05, 0.1) is 11.7 Å². The first kappa shape index (κ1) is 27.7. The van der Waals surface area contributed by atoms with Gasteiger partial charge in [-0.2, -0.15) is 0 Å². The van der Waals surface area contributed by atoms with Crippen LogP contribution in [0.25, 0.3) is 0 Å². The maximum atomic E-state index is 12.5. The van der Waals surface area contributed by atoms with Gasteiger partial charge in [-0.05, 0) is 25.7 Å². The molecule has 0 aliphatic rings. The topological polar surface area (TPSA) is 146 Å². The number of hydrogen-bond donors (Lipinski definition) is 7. The molecule has 2 atom stereocenters. The van der Waals surface area contributed by atoms with Crippen molar-refractivity contribution in [3.63, 3.8) is 0 Å². The van der Waals surface area contributed by atoms with E-state index in [1.54, 1.807) is 7.05 Å². The predicted molar refractivity (Wildman–Crippen MR) is 119 cm³/mol. The van der Waals surface area contributed by atoms with E-state index < -0.39 is 0 Å². The number of rotatable bonds is 19. The van der Waals surface area contributed by atoms with Crippen molar-refractivity contribution >= 4 is 11.8 Å². The van der Waals surface area contributed by atoms with E-state index in [9.17, 15) is 9.59 Å². The summed E-state index contributed by atoms with van der Waals surface area (Å²) in [5.74, 6) is 0.0974. The van der Waals surface area contributed by atoms with Crippen LogP contribution in [0, 0.1) is 0 Å². The van der Waals surface area contributed by atoms with Crippen LogP contribution >= 0.6 is 0 Å². The number of unbranched alkanes of at least 4 members (excludes halogenated alkanes) is 2. The molecule has 0 rings (SSSR count). The number of amides is 2. The van der Waals surface area contributed by atoms with E-state index in [-0.39, 0.29) is 23.5 Å². The molecule has 0 aliphatic heterocycles. The molecule has 0 aromatic rings. The van der Waals surface area contributed by atoms with E-state index in [0.717, 1.165) is 45.2 Å². The smallest absolute Gasteiger partial charge is 0.220 e. The van der Waals surface area contributed by atoms with E-state index in [2.05, 4.69) is 33.5 Å². The minimum absolute atomic E-state index is 0.0158. The van der Waals surface area contributed by atoms with Crippen molar-refractivity contribution in [3.8, 4) is 0 Å². The summed E-state index contributed by atoms with van der Waals surface area (Å²) in [7, 11) is 1.64. The first-order valence-electron chi connectivity index (χ1n) is 11.0. The lowest BCUT2D eigenvalue weighted by atomic mass is 9.94. The van der Waals surface area contributed by atoms with Crippen molar-refractivity contribution in [3.05, 3.63) is 0 Å². The van der Waals surface area contributed by atoms with E-state index in [1.807, 2.05) is 6.92 Å². The number of nitrogens with two attached hydrogens (primary N) is 2. The summed E-state index contributed by atoms with van der Waals surface area (Å²) in [4.78, 5) is 23.8. The lowest BCUT2D eigenvalue weighted by molar-refractivity contribution is -0.123. The zero-order valence-electron chi connectivity index (χ0n) is 18.7. The maximum Gasteiger partial charge on any atom is 0.220 e. The average Bonchev–Trinajstić information content (AvgIpc) is 2.72. The highest BCUT2D eigenvalue weighted by atomic mass is 16.2. The molecule has 29 heavy (non-hydrogen) atoms. The van der Waals surface area contributed by atoms with Crippen LogP contribution in [-0.4, -0.2) is 69.8 Å². The lowest BCUT2D eigenvalue weighted by Crippen LogP contribution is -2.60. The molecule has 0 bridgehead atoms. The number of nitrogens with one attached hydrogen (secondary N) is 5. The van der Waals surface area contributed by atoms with E-state index in [4.69, 9.17) is 11.5 Å². The quantitative estimate of drug-likeness (QED) is 0.110. The van der Waals surface area contributed by atoms with E-state index >= 15 is 0 Å². The third-order valence-electron chi connectivity index (χ3n) is 5.06. The molecule has 9 nitrogen and oxygen atoms in total. The van der Waals surface area contributed by atoms with Crippen molar-refractivity contribution in [1.82, 2.24) is 26.6 Å². The SMILES string of the molecule is CCC(N)NCCNCC(CC)(CNCCN)NC(=O)CCCCCC(=O)NC. The number of carbonyl (C=O) groups is 2. The van der Waals surface area contributed by atoms with Crippen molar-refractivity contribution in [2.75, 3.05) is 46.3 Å². The third-order valence-corrected chi connectivity index (χ3v) is 5.06. The van der Waals surface area contributed by atoms with Crippen LogP contribution in [0.3, 0.4) is 0 Å². The fraction of sp³-hybridized carbons (Fsp3) is 0.900. The highest BCUT2D eigenvalue weighted by Crippen LogP contribution is 2.10. The molecule has 0 heterocycles. The largest absolute Gasteiger partial charge is 0.359 e. The minimum atomic E-state index is -0.360. The van der Waals surface area contributed by atoms with Gasteiger partial charge < -0.3 is 38.1 Å². The normalized spacial score (nSPS) is 14.2. The molecule has 0 fully saturated rings. The maximum absolute atomic E-state index is 12.5. The Morgan fingerprint density at radius 1 is 0.931 bits per heavy atom. The van der Waals surface area contributed by atoms with E-state index in [0.29, 0.717) is 39.0 Å². The Bertz CT molecular complexity index is 437. The Balaban J connectivity index is 4.44. The zero-order chi connectivity index (χ0) is 22.0. The van der Waals surface area contributed by atoms with Crippen LogP contribution in [0.1, 0.15) is 58.8 Å². The Labute approximate surface area is 176 Å². The predicted octanol–water partition coefficient (Wildman–Crippen LogP) is -0.630. The first-order valence-corrected chi connectivity index (χ1v) is 11.0. The number of hydrogen-bond acceptors (Lipinski definition) is 7. The summed E-state index contributed by atoms with van der Waals surface area (Å²) < 4.78 is 0. The van der Waals surface area contributed by atoms with Crippen LogP contribution < -0.4 is 38.1 Å². The molecule has 0 saturated heterocycles. The summed E-state index contributed by atoms with van der Waals surface area (Å²) in [6.45, 7) is 8.30. The second-order valence-corrected chi connectivity index (χ2v) is 7.53. The van der Waals surface area contributed by atoms with Crippen LogP contribution in [0.5, 0.6) is 0 Å². The summed E-state index contributed by atoms with van der Waals surface area (Å²) in [6, 6.07) is 0. The molecule has 0 aliphatic carbocycles. The second-order valence-electron chi connectivity index (χ2n) is 7.53. The van der Waals surface area contributed by atoms with Crippen molar-refractivity contribution in [2.24, 2.45) is 11.5 Å². The zero-order valence-corrected chi connectivity index (χ0v) is 18.7. The van der Waals surface area contributed by atoms with Crippen molar-refractivity contribution < 1.29 is 9.59 Å². The second kappa shape index (κ2) is 17.6. The van der Waals surface area contributed by atoms with Gasteiger partial charge in [-0.25, -0.2) is 0 Å². The van der Waals surface area contributed by atoms with Gasteiger partial charge in [-0.15, -0.1) is 0 Å². The first-order chi connectivity index (χ1) is 13.9. The molecule has 9 heteroatoms. The molecule has 0 aromatic carbocycles. The molecule has 0 spiro atoms. The molecule has 0 radical (unpaired) electrons. The van der Waals surface area contributed by atoms with Crippen LogP contribution in [0.15, 0.2) is 0 Å². The fourth-order valence-corrected chi connectivity index (χ4v) is 2.97. The molecule has 2 unspecified atom stereocenters. The summed E-state index contributed by atoms with van der Waals surface area (Å²) in [6.07, 6.45) is 5.15. The average molecular weight is 416 g/mol.